The predicted molar refractivity (Wildman–Crippen MR) is 63.2 cm³/mol. The Balaban J connectivity index is 2.00. The molecule has 0 bridgehead atoms. The topological polar surface area (TPSA) is 33.1 Å². The van der Waals surface area contributed by atoms with Crippen LogP contribution in [0.4, 0.5) is 0 Å². The van der Waals surface area contributed by atoms with Gasteiger partial charge in [-0.25, -0.2) is 4.98 Å². The third-order valence-corrected chi connectivity index (χ3v) is 3.74. The van der Waals surface area contributed by atoms with Crippen molar-refractivity contribution in [1.29, 1.82) is 0 Å². The van der Waals surface area contributed by atoms with Gasteiger partial charge < -0.3 is 5.11 Å². The first-order valence-electron chi connectivity index (χ1n) is 5.60. The molecule has 0 saturated heterocycles. The van der Waals surface area contributed by atoms with E-state index in [-0.39, 0.29) is 11.5 Å². The first-order chi connectivity index (χ1) is 6.97. The van der Waals surface area contributed by atoms with Gasteiger partial charge in [-0.05, 0) is 18.8 Å². The summed E-state index contributed by atoms with van der Waals surface area (Å²) in [6, 6.07) is 0. The zero-order valence-corrected chi connectivity index (χ0v) is 10.5. The van der Waals surface area contributed by atoms with Gasteiger partial charge in [-0.3, -0.25) is 0 Å². The first-order valence-corrected chi connectivity index (χ1v) is 6.48. The molecular formula is C12H19NOS. The molecule has 1 aliphatic carbocycles. The molecule has 1 saturated carbocycles. The number of aromatic nitrogens is 1. The summed E-state index contributed by atoms with van der Waals surface area (Å²) < 4.78 is 0. The van der Waals surface area contributed by atoms with Crippen molar-refractivity contribution in [3.63, 3.8) is 0 Å². The number of nitrogens with zero attached hydrogens (tertiary/aromatic N) is 1. The Kier molecular flexibility index (Phi) is 2.86. The van der Waals surface area contributed by atoms with Crippen LogP contribution in [-0.2, 0) is 11.8 Å². The van der Waals surface area contributed by atoms with Gasteiger partial charge in [0, 0.05) is 17.2 Å². The largest absolute Gasteiger partial charge is 0.392 e. The van der Waals surface area contributed by atoms with Gasteiger partial charge >= 0.3 is 0 Å². The molecular weight excluding hydrogens is 206 g/mol. The fraction of sp³-hybridized carbons (Fsp3) is 0.750. The van der Waals surface area contributed by atoms with Crippen LogP contribution < -0.4 is 0 Å². The highest BCUT2D eigenvalue weighted by Crippen LogP contribution is 2.34. The van der Waals surface area contributed by atoms with E-state index in [0.29, 0.717) is 5.92 Å². The molecule has 0 aliphatic heterocycles. The van der Waals surface area contributed by atoms with E-state index < -0.39 is 0 Å². The van der Waals surface area contributed by atoms with Crippen molar-refractivity contribution in [3.8, 4) is 0 Å². The Hall–Kier alpha value is -0.410. The van der Waals surface area contributed by atoms with Crippen molar-refractivity contribution >= 4 is 11.3 Å². The number of aliphatic hydroxyl groups excluding tert-OH is 1. The van der Waals surface area contributed by atoms with Gasteiger partial charge in [-0.2, -0.15) is 0 Å². The third-order valence-electron chi connectivity index (χ3n) is 2.87. The normalized spacial score (nSPS) is 19.2. The lowest BCUT2D eigenvalue weighted by Gasteiger charge is -2.14. The molecule has 1 aromatic rings. The minimum Gasteiger partial charge on any atom is -0.392 e. The van der Waals surface area contributed by atoms with Crippen LogP contribution in [0.2, 0.25) is 0 Å². The summed E-state index contributed by atoms with van der Waals surface area (Å²) in [6.45, 7) is 6.51. The molecule has 1 aromatic heterocycles. The van der Waals surface area contributed by atoms with Crippen molar-refractivity contribution in [3.05, 3.63) is 16.1 Å². The van der Waals surface area contributed by atoms with Crippen molar-refractivity contribution in [2.24, 2.45) is 5.92 Å². The molecule has 0 aromatic carbocycles. The van der Waals surface area contributed by atoms with Crippen molar-refractivity contribution < 1.29 is 5.11 Å². The van der Waals surface area contributed by atoms with E-state index in [1.807, 2.05) is 0 Å². The lowest BCUT2D eigenvalue weighted by Crippen LogP contribution is -2.14. The van der Waals surface area contributed by atoms with E-state index in [0.717, 1.165) is 17.1 Å². The SMILES string of the molecule is CC(C)(C)c1csc(CC(O)C2CC2)n1. The van der Waals surface area contributed by atoms with Crippen molar-refractivity contribution in [1.82, 2.24) is 4.98 Å². The van der Waals surface area contributed by atoms with Crippen molar-refractivity contribution in [2.45, 2.75) is 51.6 Å². The molecule has 0 radical (unpaired) electrons. The molecule has 1 atom stereocenters. The Morgan fingerprint density at radius 3 is 2.67 bits per heavy atom. The standard InChI is InChI=1S/C12H19NOS/c1-12(2,3)10-7-15-11(13-10)6-9(14)8-4-5-8/h7-9,14H,4-6H2,1-3H3. The second kappa shape index (κ2) is 3.87. The lowest BCUT2D eigenvalue weighted by atomic mass is 9.93. The molecule has 1 N–H and O–H groups in total. The molecule has 0 amide bonds. The molecule has 0 spiro atoms. The third kappa shape index (κ3) is 2.79. The predicted octanol–water partition coefficient (Wildman–Crippen LogP) is 2.75. The van der Waals surface area contributed by atoms with E-state index in [1.54, 1.807) is 11.3 Å². The van der Waals surface area contributed by atoms with Crippen molar-refractivity contribution in [2.75, 3.05) is 0 Å². The van der Waals surface area contributed by atoms with Gasteiger partial charge in [-0.15, -0.1) is 11.3 Å². The molecule has 2 nitrogen and oxygen atoms in total. The van der Waals surface area contributed by atoms with Gasteiger partial charge in [0.1, 0.15) is 0 Å². The number of thiazole rings is 1. The zero-order valence-electron chi connectivity index (χ0n) is 9.66. The molecule has 84 valence electrons. The smallest absolute Gasteiger partial charge is 0.0954 e. The van der Waals surface area contributed by atoms with E-state index in [4.69, 9.17) is 0 Å². The average molecular weight is 225 g/mol. The fourth-order valence-corrected chi connectivity index (χ4v) is 2.65. The van der Waals surface area contributed by atoms with E-state index in [9.17, 15) is 5.11 Å². The highest BCUT2D eigenvalue weighted by molar-refractivity contribution is 7.09. The Labute approximate surface area is 95.4 Å². The van der Waals surface area contributed by atoms with E-state index in [1.165, 1.54) is 12.8 Å². The van der Waals surface area contributed by atoms with Crippen LogP contribution in [0.25, 0.3) is 0 Å². The maximum atomic E-state index is 9.82. The summed E-state index contributed by atoms with van der Waals surface area (Å²) in [7, 11) is 0. The van der Waals surface area contributed by atoms with Gasteiger partial charge in [0.15, 0.2) is 0 Å². The van der Waals surface area contributed by atoms with Gasteiger partial charge in [0.2, 0.25) is 0 Å². The minimum atomic E-state index is -0.163. The van der Waals surface area contributed by atoms with Crippen LogP contribution in [0.3, 0.4) is 0 Å². The highest BCUT2D eigenvalue weighted by Gasteiger charge is 2.30. The van der Waals surface area contributed by atoms with E-state index >= 15 is 0 Å². The Morgan fingerprint density at radius 1 is 1.53 bits per heavy atom. The van der Waals surface area contributed by atoms with Gasteiger partial charge in [-0.1, -0.05) is 20.8 Å². The highest BCUT2D eigenvalue weighted by atomic mass is 32.1. The summed E-state index contributed by atoms with van der Waals surface area (Å²) >= 11 is 1.68. The van der Waals surface area contributed by atoms with Crippen LogP contribution in [0.15, 0.2) is 5.38 Å². The van der Waals surface area contributed by atoms with Crippen LogP contribution in [0.5, 0.6) is 0 Å². The zero-order chi connectivity index (χ0) is 11.1. The molecule has 1 unspecified atom stereocenters. The second-order valence-corrected chi connectivity index (χ2v) is 6.43. The van der Waals surface area contributed by atoms with Crippen LogP contribution in [0, 0.1) is 5.92 Å². The molecule has 15 heavy (non-hydrogen) atoms. The monoisotopic (exact) mass is 225 g/mol. The summed E-state index contributed by atoms with van der Waals surface area (Å²) in [5.74, 6) is 0.548. The van der Waals surface area contributed by atoms with Gasteiger partial charge in [0.05, 0.1) is 16.8 Å². The second-order valence-electron chi connectivity index (χ2n) is 5.49. The Morgan fingerprint density at radius 2 is 2.20 bits per heavy atom. The maximum absolute atomic E-state index is 9.82. The van der Waals surface area contributed by atoms with E-state index in [2.05, 4.69) is 31.1 Å². The summed E-state index contributed by atoms with van der Waals surface area (Å²) in [5, 5.41) is 13.0. The Bertz CT molecular complexity index is 336. The van der Waals surface area contributed by atoms with Gasteiger partial charge in [0.25, 0.3) is 0 Å². The summed E-state index contributed by atoms with van der Waals surface area (Å²) in [5.41, 5.74) is 1.27. The first kappa shape index (κ1) is 11.1. The van der Waals surface area contributed by atoms with Crippen LogP contribution in [-0.4, -0.2) is 16.2 Å². The number of hydrogen-bond acceptors (Lipinski definition) is 3. The quantitative estimate of drug-likeness (QED) is 0.858. The molecule has 1 heterocycles. The minimum absolute atomic E-state index is 0.124. The maximum Gasteiger partial charge on any atom is 0.0954 e. The molecule has 3 heteroatoms. The summed E-state index contributed by atoms with van der Waals surface area (Å²) in [4.78, 5) is 4.59. The van der Waals surface area contributed by atoms with Crippen LogP contribution in [0.1, 0.15) is 44.3 Å². The molecule has 1 fully saturated rings. The molecule has 2 rings (SSSR count). The lowest BCUT2D eigenvalue weighted by molar-refractivity contribution is 0.151. The average Bonchev–Trinajstić information content (AvgIpc) is 2.86. The number of hydrogen-bond donors (Lipinski definition) is 1. The molecule has 1 aliphatic rings. The summed E-state index contributed by atoms with van der Waals surface area (Å²) in [6.07, 6.45) is 2.96. The fourth-order valence-electron chi connectivity index (χ4n) is 1.58. The number of rotatable bonds is 3. The van der Waals surface area contributed by atoms with Crippen LogP contribution >= 0.6 is 11.3 Å². The number of aliphatic hydroxyl groups is 1.